The summed E-state index contributed by atoms with van der Waals surface area (Å²) in [5, 5.41) is 18.3. The third-order valence-corrected chi connectivity index (χ3v) is 8.29. The number of carboxylic acids is 2. The van der Waals surface area contributed by atoms with Crippen molar-refractivity contribution in [2.24, 2.45) is 35.0 Å². The molecule has 0 radical (unpaired) electrons. The van der Waals surface area contributed by atoms with E-state index in [-0.39, 0.29) is 35.4 Å². The number of allylic oxidation sites excluding steroid dienone is 2. The largest absolute Gasteiger partial charge is 0.481 e. The van der Waals surface area contributed by atoms with E-state index in [1.807, 2.05) is 12.2 Å². The van der Waals surface area contributed by atoms with E-state index in [1.165, 1.54) is 6.42 Å². The molecule has 218 valence electrons. The van der Waals surface area contributed by atoms with Gasteiger partial charge in [0.05, 0.1) is 11.3 Å². The van der Waals surface area contributed by atoms with E-state index >= 15 is 0 Å². The van der Waals surface area contributed by atoms with E-state index in [4.69, 9.17) is 5.11 Å². The summed E-state index contributed by atoms with van der Waals surface area (Å²) in [5.74, 6) is -1.38. The summed E-state index contributed by atoms with van der Waals surface area (Å²) in [6.45, 7) is 9.48. The van der Waals surface area contributed by atoms with E-state index < -0.39 is 17.4 Å². The first-order valence-electron chi connectivity index (χ1n) is 15.2. The van der Waals surface area contributed by atoms with Crippen LogP contribution < -0.4 is 0 Å². The van der Waals surface area contributed by atoms with Crippen molar-refractivity contribution in [3.05, 3.63) is 12.2 Å². The van der Waals surface area contributed by atoms with Crippen LogP contribution in [0.4, 0.5) is 0 Å². The van der Waals surface area contributed by atoms with Gasteiger partial charge in [0, 0.05) is 23.7 Å². The predicted octanol–water partition coefficient (Wildman–Crippen LogP) is 7.88. The minimum Gasteiger partial charge on any atom is -0.481 e. The number of rotatable bonds is 14. The third kappa shape index (κ3) is 11.8. The fourth-order valence-electron chi connectivity index (χ4n) is 5.60. The van der Waals surface area contributed by atoms with Gasteiger partial charge in [0.25, 0.3) is 0 Å². The maximum absolute atomic E-state index is 13.0. The quantitative estimate of drug-likeness (QED) is 0.173. The lowest BCUT2D eigenvalue weighted by Gasteiger charge is -2.28. The molecule has 6 heteroatoms. The average molecular weight is 535 g/mol. The maximum atomic E-state index is 13.0. The van der Waals surface area contributed by atoms with Crippen LogP contribution in [0, 0.1) is 35.0 Å². The van der Waals surface area contributed by atoms with Crippen molar-refractivity contribution >= 4 is 23.5 Å². The Kier molecular flexibility index (Phi) is 15.7. The Bertz CT molecular complexity index is 783. The number of hydrogen-bond acceptors (Lipinski definition) is 4. The van der Waals surface area contributed by atoms with Crippen LogP contribution in [0.25, 0.3) is 0 Å². The maximum Gasteiger partial charge on any atom is 0.309 e. The molecule has 2 fully saturated rings. The summed E-state index contributed by atoms with van der Waals surface area (Å²) in [6.07, 6.45) is 17.2. The predicted molar refractivity (Wildman–Crippen MR) is 152 cm³/mol. The summed E-state index contributed by atoms with van der Waals surface area (Å²) in [5.41, 5.74) is -0.719. The third-order valence-electron chi connectivity index (χ3n) is 8.29. The zero-order valence-electron chi connectivity index (χ0n) is 24.7. The van der Waals surface area contributed by atoms with Gasteiger partial charge in [0.1, 0.15) is 11.6 Å². The second-order valence-corrected chi connectivity index (χ2v) is 12.3. The van der Waals surface area contributed by atoms with Crippen LogP contribution in [0.2, 0.25) is 0 Å². The van der Waals surface area contributed by atoms with Gasteiger partial charge >= 0.3 is 11.9 Å². The van der Waals surface area contributed by atoms with Gasteiger partial charge in [-0.15, -0.1) is 0 Å². The molecule has 2 aliphatic carbocycles. The second-order valence-electron chi connectivity index (χ2n) is 12.3. The highest BCUT2D eigenvalue weighted by atomic mass is 16.4. The van der Waals surface area contributed by atoms with Gasteiger partial charge in [-0.3, -0.25) is 19.2 Å². The fourth-order valence-corrected chi connectivity index (χ4v) is 5.60. The van der Waals surface area contributed by atoms with Gasteiger partial charge in [-0.2, -0.15) is 0 Å². The van der Waals surface area contributed by atoms with Crippen molar-refractivity contribution in [3.63, 3.8) is 0 Å². The molecule has 0 heterocycles. The fraction of sp³-hybridized carbons (Fsp3) is 0.812. The Labute approximate surface area is 231 Å². The van der Waals surface area contributed by atoms with Gasteiger partial charge in [0.15, 0.2) is 0 Å². The Balaban J connectivity index is 0.00000229. The van der Waals surface area contributed by atoms with Crippen molar-refractivity contribution < 1.29 is 29.4 Å². The molecule has 0 aromatic heterocycles. The number of aliphatic carboxylic acids is 2. The molecule has 0 aromatic rings. The first-order valence-corrected chi connectivity index (χ1v) is 15.2. The first kappa shape index (κ1) is 34.0. The van der Waals surface area contributed by atoms with Crippen LogP contribution >= 0.6 is 0 Å². The topological polar surface area (TPSA) is 109 Å². The molecule has 5 atom stereocenters. The van der Waals surface area contributed by atoms with E-state index in [0.717, 1.165) is 77.0 Å². The summed E-state index contributed by atoms with van der Waals surface area (Å²) < 4.78 is 0. The molecule has 2 N–H and O–H groups in total. The molecular formula is C32H54O6. The molecular weight excluding hydrogens is 480 g/mol. The Morgan fingerprint density at radius 3 is 1.71 bits per heavy atom. The van der Waals surface area contributed by atoms with Gasteiger partial charge in [0.2, 0.25) is 0 Å². The molecule has 0 bridgehead atoms. The summed E-state index contributed by atoms with van der Waals surface area (Å²) in [7, 11) is 0. The van der Waals surface area contributed by atoms with Crippen molar-refractivity contribution in [3.8, 4) is 0 Å². The molecule has 0 aromatic carbocycles. The molecule has 38 heavy (non-hydrogen) atoms. The van der Waals surface area contributed by atoms with Crippen LogP contribution in [-0.4, -0.2) is 33.7 Å². The highest BCUT2D eigenvalue weighted by Gasteiger charge is 2.32. The Hall–Kier alpha value is -1.98. The molecule has 6 nitrogen and oxygen atoms in total. The molecule has 2 saturated carbocycles. The summed E-state index contributed by atoms with van der Waals surface area (Å²) in [6, 6.07) is 0. The highest BCUT2D eigenvalue weighted by Crippen LogP contribution is 2.34. The molecule has 0 spiro atoms. The van der Waals surface area contributed by atoms with Gasteiger partial charge in [-0.25, -0.2) is 0 Å². The highest BCUT2D eigenvalue weighted by molar-refractivity contribution is 5.87. The Morgan fingerprint density at radius 2 is 1.29 bits per heavy atom. The standard InChI is InChI=1S/C29H46O6.C3H8/c1-20(27(32)33)10-4-5-11-21-13-8-15-23(25(21)30)17-18-24-16-9-14-22(26(24)31)12-6-7-19-29(2,3)28(34)35;1-3-2/h17-18,20-24H,4-16,19H2,1-3H3,(H,32,33)(H,34,35);3H2,1-2H3/b18-17-;. The van der Waals surface area contributed by atoms with Crippen LogP contribution in [0.3, 0.4) is 0 Å². The monoisotopic (exact) mass is 534 g/mol. The molecule has 0 amide bonds. The number of carbonyl (C=O) groups is 4. The van der Waals surface area contributed by atoms with Crippen LogP contribution in [0.15, 0.2) is 12.2 Å². The lowest BCUT2D eigenvalue weighted by molar-refractivity contribution is -0.147. The minimum atomic E-state index is -0.774. The van der Waals surface area contributed by atoms with Crippen LogP contribution in [-0.2, 0) is 19.2 Å². The van der Waals surface area contributed by atoms with Crippen molar-refractivity contribution in [1.82, 2.24) is 0 Å². The molecule has 0 aliphatic heterocycles. The van der Waals surface area contributed by atoms with Gasteiger partial charge in [-0.05, 0) is 65.2 Å². The zero-order valence-corrected chi connectivity index (χ0v) is 24.7. The van der Waals surface area contributed by atoms with Gasteiger partial charge in [-0.1, -0.05) is 77.9 Å². The minimum absolute atomic E-state index is 0.0503. The first-order chi connectivity index (χ1) is 17.9. The average Bonchev–Trinajstić information content (AvgIpc) is 2.86. The summed E-state index contributed by atoms with van der Waals surface area (Å²) in [4.78, 5) is 48.3. The zero-order chi connectivity index (χ0) is 28.7. The number of hydrogen-bond donors (Lipinski definition) is 2. The lowest BCUT2D eigenvalue weighted by atomic mass is 9.75. The van der Waals surface area contributed by atoms with E-state index in [0.29, 0.717) is 18.6 Å². The SMILES string of the molecule is CC(CCCCC1CCCC(/C=C\C2CCCC(CCCCC(C)(C)C(=O)O)C2=O)C1=O)C(=O)O.CCC. The van der Waals surface area contributed by atoms with Crippen molar-refractivity contribution in [2.75, 3.05) is 0 Å². The molecule has 2 rings (SSSR count). The Morgan fingerprint density at radius 1 is 0.842 bits per heavy atom. The number of carbonyl (C=O) groups excluding carboxylic acids is 2. The molecule has 0 saturated heterocycles. The number of Topliss-reactive ketones (excluding diaryl/α,β-unsaturated/α-hetero) is 2. The smallest absolute Gasteiger partial charge is 0.309 e. The van der Waals surface area contributed by atoms with E-state index in [1.54, 1.807) is 20.8 Å². The lowest BCUT2D eigenvalue weighted by Crippen LogP contribution is -2.29. The van der Waals surface area contributed by atoms with Crippen molar-refractivity contribution in [2.45, 2.75) is 131 Å². The number of unbranched alkanes of at least 4 members (excludes halogenated alkanes) is 2. The van der Waals surface area contributed by atoms with E-state index in [9.17, 15) is 24.3 Å². The number of ketones is 2. The van der Waals surface area contributed by atoms with E-state index in [2.05, 4.69) is 13.8 Å². The van der Waals surface area contributed by atoms with Crippen LogP contribution in [0.5, 0.6) is 0 Å². The normalized spacial score (nSPS) is 25.1. The second kappa shape index (κ2) is 17.6. The molecule has 2 aliphatic rings. The van der Waals surface area contributed by atoms with Gasteiger partial charge < -0.3 is 10.2 Å². The summed E-state index contributed by atoms with van der Waals surface area (Å²) >= 11 is 0. The molecule has 5 unspecified atom stereocenters. The number of carboxylic acid groups (broad SMARTS) is 2. The van der Waals surface area contributed by atoms with Crippen LogP contribution in [0.1, 0.15) is 131 Å². The van der Waals surface area contributed by atoms with Crippen molar-refractivity contribution in [1.29, 1.82) is 0 Å².